The molecule has 7 heteroatoms. The van der Waals surface area contributed by atoms with Gasteiger partial charge in [0.1, 0.15) is 5.82 Å². The van der Waals surface area contributed by atoms with Gasteiger partial charge in [0, 0.05) is 7.11 Å². The number of halogens is 2. The molecule has 1 aromatic carbocycles. The molecular weight excluding hydrogens is 209 g/mol. The van der Waals surface area contributed by atoms with E-state index < -0.39 is 30.0 Å². The number of hydrogen-bond acceptors (Lipinski definition) is 4. The highest BCUT2D eigenvalue weighted by Crippen LogP contribution is 2.16. The van der Waals surface area contributed by atoms with Gasteiger partial charge in [-0.25, -0.2) is 8.78 Å². The van der Waals surface area contributed by atoms with Gasteiger partial charge in [0.05, 0.1) is 5.46 Å². The molecule has 0 aliphatic carbocycles. The van der Waals surface area contributed by atoms with Crippen LogP contribution in [0.3, 0.4) is 0 Å². The minimum Gasteiger partial charge on any atom is -0.465 e. The molecule has 0 amide bonds. The maximum Gasteiger partial charge on any atom is 0.495 e. The summed E-state index contributed by atoms with van der Waals surface area (Å²) >= 11 is 0. The van der Waals surface area contributed by atoms with Crippen molar-refractivity contribution in [3.63, 3.8) is 0 Å². The maximum absolute atomic E-state index is 13.1. The van der Waals surface area contributed by atoms with Crippen LogP contribution in [0, 0.1) is 11.6 Å². The minimum absolute atomic E-state index is 0.319. The van der Waals surface area contributed by atoms with Gasteiger partial charge in [-0.2, -0.15) is 0 Å². The summed E-state index contributed by atoms with van der Waals surface area (Å²) in [6.45, 7) is -0.319. The van der Waals surface area contributed by atoms with Crippen molar-refractivity contribution in [3.8, 4) is 5.75 Å². The van der Waals surface area contributed by atoms with E-state index in [0.29, 0.717) is 0 Å². The van der Waals surface area contributed by atoms with Gasteiger partial charge in [0.25, 0.3) is 0 Å². The van der Waals surface area contributed by atoms with Crippen LogP contribution in [-0.4, -0.2) is 31.1 Å². The molecule has 0 saturated heterocycles. The lowest BCUT2D eigenvalue weighted by Crippen LogP contribution is -2.35. The molecule has 0 aromatic heterocycles. The first kappa shape index (κ1) is 11.9. The predicted octanol–water partition coefficient (Wildman–Crippen LogP) is -0.373. The molecule has 0 saturated carbocycles. The zero-order valence-electron chi connectivity index (χ0n) is 7.91. The van der Waals surface area contributed by atoms with Crippen LogP contribution in [-0.2, 0) is 4.74 Å². The third-order valence-corrected chi connectivity index (χ3v) is 1.67. The quantitative estimate of drug-likeness (QED) is 0.534. The second-order valence-electron chi connectivity index (χ2n) is 2.70. The third-order valence-electron chi connectivity index (χ3n) is 1.67. The molecule has 0 heterocycles. The molecule has 82 valence electrons. The van der Waals surface area contributed by atoms with Crippen molar-refractivity contribution >= 4 is 12.6 Å². The molecule has 0 aliphatic rings. The Hall–Kier alpha value is -1.18. The first-order valence-electron chi connectivity index (χ1n) is 4.03. The standard InChI is InChI=1S/C8H9BF2O4/c1-14-4-15-8-6(11)3-2-5(10)7(8)9(12)13/h2-3,12-13H,4H2,1H3. The maximum atomic E-state index is 13.1. The number of rotatable bonds is 4. The van der Waals surface area contributed by atoms with Gasteiger partial charge in [-0.1, -0.05) is 0 Å². The Kier molecular flexibility index (Phi) is 4.01. The topological polar surface area (TPSA) is 58.9 Å². The normalized spacial score (nSPS) is 10.2. The van der Waals surface area contributed by atoms with Crippen LogP contribution < -0.4 is 10.2 Å². The largest absolute Gasteiger partial charge is 0.495 e. The Morgan fingerprint density at radius 1 is 1.27 bits per heavy atom. The molecule has 0 radical (unpaired) electrons. The fraction of sp³-hybridized carbons (Fsp3) is 0.250. The molecule has 15 heavy (non-hydrogen) atoms. The average Bonchev–Trinajstić information content (AvgIpc) is 2.18. The zero-order chi connectivity index (χ0) is 11.4. The SMILES string of the molecule is COCOc1c(F)ccc(F)c1B(O)O. The summed E-state index contributed by atoms with van der Waals surface area (Å²) in [7, 11) is -0.848. The third kappa shape index (κ3) is 2.65. The molecule has 0 aliphatic heterocycles. The summed E-state index contributed by atoms with van der Waals surface area (Å²) in [4.78, 5) is 0. The fourth-order valence-corrected chi connectivity index (χ4v) is 1.05. The van der Waals surface area contributed by atoms with E-state index in [2.05, 4.69) is 4.74 Å². The molecule has 2 N–H and O–H groups in total. The first-order valence-corrected chi connectivity index (χ1v) is 4.03. The molecule has 0 atom stereocenters. The highest BCUT2D eigenvalue weighted by Gasteiger charge is 2.25. The van der Waals surface area contributed by atoms with Crippen molar-refractivity contribution in [1.29, 1.82) is 0 Å². The Balaban J connectivity index is 3.13. The number of hydrogen-bond donors (Lipinski definition) is 2. The monoisotopic (exact) mass is 218 g/mol. The molecule has 1 aromatic rings. The molecule has 0 bridgehead atoms. The van der Waals surface area contributed by atoms with Gasteiger partial charge in [-0.3, -0.25) is 0 Å². The van der Waals surface area contributed by atoms with E-state index in [1.165, 1.54) is 7.11 Å². The lowest BCUT2D eigenvalue weighted by Gasteiger charge is -2.11. The predicted molar refractivity (Wildman–Crippen MR) is 48.7 cm³/mol. The Morgan fingerprint density at radius 2 is 1.87 bits per heavy atom. The van der Waals surface area contributed by atoms with E-state index in [-0.39, 0.29) is 6.79 Å². The highest BCUT2D eigenvalue weighted by atomic mass is 19.1. The average molecular weight is 218 g/mol. The second-order valence-corrected chi connectivity index (χ2v) is 2.70. The van der Waals surface area contributed by atoms with Crippen LogP contribution >= 0.6 is 0 Å². The molecule has 0 spiro atoms. The van der Waals surface area contributed by atoms with Gasteiger partial charge < -0.3 is 19.5 Å². The Morgan fingerprint density at radius 3 is 2.40 bits per heavy atom. The van der Waals surface area contributed by atoms with Gasteiger partial charge in [-0.05, 0) is 12.1 Å². The Labute approximate surface area is 85.2 Å². The van der Waals surface area contributed by atoms with Crippen LogP contribution in [0.5, 0.6) is 5.75 Å². The van der Waals surface area contributed by atoms with Crippen LogP contribution in [0.2, 0.25) is 0 Å². The highest BCUT2D eigenvalue weighted by molar-refractivity contribution is 6.59. The van der Waals surface area contributed by atoms with Gasteiger partial charge >= 0.3 is 7.12 Å². The zero-order valence-corrected chi connectivity index (χ0v) is 7.91. The lowest BCUT2D eigenvalue weighted by atomic mass is 9.79. The van der Waals surface area contributed by atoms with E-state index in [0.717, 1.165) is 12.1 Å². The number of methoxy groups -OCH3 is 1. The van der Waals surface area contributed by atoms with Crippen molar-refractivity contribution in [1.82, 2.24) is 0 Å². The van der Waals surface area contributed by atoms with Crippen LogP contribution in [0.15, 0.2) is 12.1 Å². The molecule has 1 rings (SSSR count). The van der Waals surface area contributed by atoms with Crippen LogP contribution in [0.4, 0.5) is 8.78 Å². The lowest BCUT2D eigenvalue weighted by molar-refractivity contribution is 0.0487. The van der Waals surface area contributed by atoms with Crippen molar-refractivity contribution in [3.05, 3.63) is 23.8 Å². The second kappa shape index (κ2) is 5.06. The van der Waals surface area contributed by atoms with E-state index >= 15 is 0 Å². The molecule has 4 nitrogen and oxygen atoms in total. The van der Waals surface area contributed by atoms with Gasteiger partial charge in [0.15, 0.2) is 18.4 Å². The van der Waals surface area contributed by atoms with Crippen molar-refractivity contribution in [2.24, 2.45) is 0 Å². The molecular formula is C8H9BF2O4. The van der Waals surface area contributed by atoms with E-state index in [4.69, 9.17) is 14.8 Å². The van der Waals surface area contributed by atoms with Crippen molar-refractivity contribution in [2.45, 2.75) is 0 Å². The van der Waals surface area contributed by atoms with Crippen molar-refractivity contribution < 1.29 is 28.3 Å². The van der Waals surface area contributed by atoms with Crippen LogP contribution in [0.1, 0.15) is 0 Å². The summed E-state index contributed by atoms with van der Waals surface area (Å²) in [6.07, 6.45) is 0. The van der Waals surface area contributed by atoms with Crippen molar-refractivity contribution in [2.75, 3.05) is 13.9 Å². The smallest absolute Gasteiger partial charge is 0.465 e. The minimum atomic E-state index is -2.15. The Bertz CT molecular complexity index is 346. The summed E-state index contributed by atoms with van der Waals surface area (Å²) in [5.74, 6) is -2.42. The molecule has 0 unspecified atom stereocenters. The summed E-state index contributed by atoms with van der Waals surface area (Å²) in [6, 6.07) is 1.61. The summed E-state index contributed by atoms with van der Waals surface area (Å²) in [5.41, 5.74) is -0.646. The fourth-order valence-electron chi connectivity index (χ4n) is 1.05. The van der Waals surface area contributed by atoms with E-state index in [9.17, 15) is 8.78 Å². The molecule has 0 fully saturated rings. The first-order chi connectivity index (χ1) is 7.07. The summed E-state index contributed by atoms with van der Waals surface area (Å²) in [5, 5.41) is 17.7. The van der Waals surface area contributed by atoms with E-state index in [1.807, 2.05) is 0 Å². The van der Waals surface area contributed by atoms with Gasteiger partial charge in [0.2, 0.25) is 0 Å². The number of benzene rings is 1. The van der Waals surface area contributed by atoms with Gasteiger partial charge in [-0.15, -0.1) is 0 Å². The number of ether oxygens (including phenoxy) is 2. The van der Waals surface area contributed by atoms with Crippen LogP contribution in [0.25, 0.3) is 0 Å². The van der Waals surface area contributed by atoms with E-state index in [1.54, 1.807) is 0 Å². The summed E-state index contributed by atoms with van der Waals surface area (Å²) < 4.78 is 35.4.